The van der Waals surface area contributed by atoms with Crippen molar-refractivity contribution in [2.45, 2.75) is 25.4 Å². The summed E-state index contributed by atoms with van der Waals surface area (Å²) in [6, 6.07) is 0. The van der Waals surface area contributed by atoms with Crippen LogP contribution in [0.5, 0.6) is 0 Å². The quantitative estimate of drug-likeness (QED) is 0.410. The molecule has 0 N–H and O–H groups in total. The van der Waals surface area contributed by atoms with E-state index in [2.05, 4.69) is 6.92 Å². The second kappa shape index (κ2) is 1.68. The molecule has 2 aliphatic rings. The Hall–Kier alpha value is -0.120. The van der Waals surface area contributed by atoms with E-state index in [4.69, 9.17) is 14.2 Å². The van der Waals surface area contributed by atoms with Crippen molar-refractivity contribution < 1.29 is 14.2 Å². The Bertz CT molecular complexity index is 117. The lowest BCUT2D eigenvalue weighted by Gasteiger charge is -2.00. The lowest BCUT2D eigenvalue weighted by Crippen LogP contribution is -2.09. The highest BCUT2D eigenvalue weighted by atomic mass is 17.0. The summed E-state index contributed by atoms with van der Waals surface area (Å²) in [6.07, 6.45) is 1.15. The summed E-state index contributed by atoms with van der Waals surface area (Å²) in [7, 11) is 0. The molecule has 0 aromatic rings. The fourth-order valence-electron chi connectivity index (χ4n) is 0.798. The van der Waals surface area contributed by atoms with Crippen LogP contribution in [-0.4, -0.2) is 25.3 Å². The van der Waals surface area contributed by atoms with Gasteiger partial charge in [-0.1, -0.05) is 6.92 Å². The van der Waals surface area contributed by atoms with E-state index in [0.717, 1.165) is 13.0 Å². The van der Waals surface area contributed by atoms with E-state index in [9.17, 15) is 0 Å². The minimum absolute atomic E-state index is 0.0920. The van der Waals surface area contributed by atoms with Gasteiger partial charge in [-0.05, 0) is 6.42 Å². The van der Waals surface area contributed by atoms with Crippen LogP contribution in [0.2, 0.25) is 0 Å². The monoisotopic (exact) mass is 130 g/mol. The Morgan fingerprint density at radius 3 is 2.67 bits per heavy atom. The molecule has 3 nitrogen and oxygen atoms in total. The van der Waals surface area contributed by atoms with Crippen molar-refractivity contribution in [1.82, 2.24) is 0 Å². The highest BCUT2D eigenvalue weighted by Crippen LogP contribution is 2.55. The van der Waals surface area contributed by atoms with Gasteiger partial charge in [-0.15, -0.1) is 0 Å². The van der Waals surface area contributed by atoms with Crippen LogP contribution in [0.3, 0.4) is 0 Å². The fourth-order valence-corrected chi connectivity index (χ4v) is 0.798. The van der Waals surface area contributed by atoms with Gasteiger partial charge in [0.05, 0.1) is 0 Å². The third-order valence-corrected chi connectivity index (χ3v) is 1.51. The number of rotatable bonds is 4. The Morgan fingerprint density at radius 2 is 2.22 bits per heavy atom. The lowest BCUT2D eigenvalue weighted by atomic mass is 10.5. The molecular weight excluding hydrogens is 120 g/mol. The molecule has 0 aromatic carbocycles. The number of epoxide rings is 2. The summed E-state index contributed by atoms with van der Waals surface area (Å²) < 4.78 is 15.2. The predicted octanol–water partition coefficient (Wildman–Crippen LogP) is 0.496. The van der Waals surface area contributed by atoms with E-state index in [0.29, 0.717) is 6.61 Å². The van der Waals surface area contributed by atoms with E-state index in [1.807, 2.05) is 0 Å². The molecule has 0 aromatic heterocycles. The van der Waals surface area contributed by atoms with Crippen LogP contribution in [-0.2, 0) is 14.2 Å². The summed E-state index contributed by atoms with van der Waals surface area (Å²) in [5.41, 5.74) is 0. The molecule has 2 rings (SSSR count). The minimum Gasteiger partial charge on any atom is -0.376 e. The number of fused-ring (bicyclic) bond motifs is 1. The molecule has 0 amide bonds. The molecule has 0 atom stereocenters. The molecule has 3 heteroatoms. The molecule has 52 valence electrons. The Balaban J connectivity index is 1.58. The van der Waals surface area contributed by atoms with Crippen molar-refractivity contribution in [3.05, 3.63) is 0 Å². The van der Waals surface area contributed by atoms with Crippen molar-refractivity contribution in [3.63, 3.8) is 0 Å². The first kappa shape index (κ1) is 5.65. The van der Waals surface area contributed by atoms with E-state index in [1.165, 1.54) is 0 Å². The zero-order chi connectivity index (χ0) is 6.32. The Kier molecular flexibility index (Phi) is 1.06. The first-order chi connectivity index (χ1) is 4.37. The van der Waals surface area contributed by atoms with Gasteiger partial charge >= 0.3 is 0 Å². The normalized spacial score (nSPS) is 44.3. The van der Waals surface area contributed by atoms with Gasteiger partial charge in [0.1, 0.15) is 6.61 Å². The standard InChI is InChI=1S/C6H10O3/c1-2-3-7-4-6-5(8-6)9-6/h5H,2-4H2,1H3. The molecule has 0 saturated carbocycles. The summed E-state index contributed by atoms with van der Waals surface area (Å²) in [5, 5.41) is 0. The maximum absolute atomic E-state index is 5.20. The third-order valence-electron chi connectivity index (χ3n) is 1.51. The highest BCUT2D eigenvalue weighted by molar-refractivity contribution is 5.02. The van der Waals surface area contributed by atoms with Gasteiger partial charge < -0.3 is 14.2 Å². The molecule has 2 aliphatic heterocycles. The van der Waals surface area contributed by atoms with Crippen LogP contribution >= 0.6 is 0 Å². The maximum atomic E-state index is 5.20. The summed E-state index contributed by atoms with van der Waals surface area (Å²) in [4.78, 5) is 0. The predicted molar refractivity (Wildman–Crippen MR) is 29.8 cm³/mol. The van der Waals surface area contributed by atoms with Gasteiger partial charge in [-0.25, -0.2) is 0 Å². The lowest BCUT2D eigenvalue weighted by molar-refractivity contribution is -0.0860. The first-order valence-corrected chi connectivity index (χ1v) is 3.31. The van der Waals surface area contributed by atoms with Crippen molar-refractivity contribution in [1.29, 1.82) is 0 Å². The van der Waals surface area contributed by atoms with Crippen LogP contribution in [0.25, 0.3) is 0 Å². The van der Waals surface area contributed by atoms with E-state index in [1.54, 1.807) is 0 Å². The van der Waals surface area contributed by atoms with Gasteiger partial charge in [0.25, 0.3) is 0 Å². The highest BCUT2D eigenvalue weighted by Gasteiger charge is 2.77. The van der Waals surface area contributed by atoms with Crippen molar-refractivity contribution >= 4 is 0 Å². The average molecular weight is 130 g/mol. The average Bonchev–Trinajstić information content (AvgIpc) is 2.54. The van der Waals surface area contributed by atoms with E-state index < -0.39 is 0 Å². The zero-order valence-corrected chi connectivity index (χ0v) is 5.42. The van der Waals surface area contributed by atoms with Crippen LogP contribution in [0.1, 0.15) is 13.3 Å². The van der Waals surface area contributed by atoms with Crippen molar-refractivity contribution in [2.75, 3.05) is 13.2 Å². The number of hydrogen-bond donors (Lipinski definition) is 0. The molecule has 0 spiro atoms. The maximum Gasteiger partial charge on any atom is 0.249 e. The molecule has 0 radical (unpaired) electrons. The van der Waals surface area contributed by atoms with Gasteiger partial charge in [-0.2, -0.15) is 0 Å². The molecule has 9 heavy (non-hydrogen) atoms. The SMILES string of the molecule is CCCOCC12OC1O2. The first-order valence-electron chi connectivity index (χ1n) is 3.31. The molecule has 2 heterocycles. The molecule has 0 aliphatic carbocycles. The van der Waals surface area contributed by atoms with Crippen molar-refractivity contribution in [3.8, 4) is 0 Å². The summed E-state index contributed by atoms with van der Waals surface area (Å²) in [5.74, 6) is -0.255. The second-order valence-electron chi connectivity index (χ2n) is 2.43. The van der Waals surface area contributed by atoms with Crippen molar-refractivity contribution in [2.24, 2.45) is 0 Å². The van der Waals surface area contributed by atoms with E-state index >= 15 is 0 Å². The van der Waals surface area contributed by atoms with Crippen LogP contribution in [0.15, 0.2) is 0 Å². The third kappa shape index (κ3) is 0.852. The number of hydrogen-bond acceptors (Lipinski definition) is 3. The van der Waals surface area contributed by atoms with Gasteiger partial charge in [-0.3, -0.25) is 0 Å². The minimum atomic E-state index is -0.255. The largest absolute Gasteiger partial charge is 0.376 e. The molecule has 2 fully saturated rings. The second-order valence-corrected chi connectivity index (χ2v) is 2.43. The molecule has 2 saturated heterocycles. The molecule has 0 bridgehead atoms. The fraction of sp³-hybridized carbons (Fsp3) is 1.00. The Morgan fingerprint density at radius 1 is 1.56 bits per heavy atom. The summed E-state index contributed by atoms with van der Waals surface area (Å²) in [6.45, 7) is 3.50. The molecule has 0 unspecified atom stereocenters. The topological polar surface area (TPSA) is 34.3 Å². The molecular formula is C6H10O3. The van der Waals surface area contributed by atoms with Gasteiger partial charge in [0.15, 0.2) is 0 Å². The van der Waals surface area contributed by atoms with E-state index in [-0.39, 0.29) is 12.1 Å². The van der Waals surface area contributed by atoms with Gasteiger partial charge in [0.2, 0.25) is 12.1 Å². The summed E-state index contributed by atoms with van der Waals surface area (Å²) >= 11 is 0. The smallest absolute Gasteiger partial charge is 0.249 e. The van der Waals surface area contributed by atoms with Crippen LogP contribution in [0.4, 0.5) is 0 Å². The van der Waals surface area contributed by atoms with Gasteiger partial charge in [0, 0.05) is 6.61 Å². The zero-order valence-electron chi connectivity index (χ0n) is 5.42. The van der Waals surface area contributed by atoms with Crippen LogP contribution < -0.4 is 0 Å². The Labute approximate surface area is 53.9 Å². The number of ether oxygens (including phenoxy) is 3. The van der Waals surface area contributed by atoms with Crippen LogP contribution in [0, 0.1) is 0 Å².